The van der Waals surface area contributed by atoms with Crippen LogP contribution in [0.15, 0.2) is 18.2 Å². The van der Waals surface area contributed by atoms with Crippen molar-refractivity contribution in [3.05, 3.63) is 28.8 Å². The van der Waals surface area contributed by atoms with E-state index in [-0.39, 0.29) is 16.5 Å². The van der Waals surface area contributed by atoms with Crippen LogP contribution in [0.1, 0.15) is 5.56 Å². The summed E-state index contributed by atoms with van der Waals surface area (Å²) in [7, 11) is 3.53. The zero-order valence-electron chi connectivity index (χ0n) is 9.95. The van der Waals surface area contributed by atoms with Gasteiger partial charge in [0.05, 0.1) is 0 Å². The topological polar surface area (TPSA) is 43.7 Å². The second kappa shape index (κ2) is 4.00. The van der Waals surface area contributed by atoms with E-state index in [0.717, 1.165) is 5.56 Å². The third-order valence-electron chi connectivity index (χ3n) is 2.77. The van der Waals surface area contributed by atoms with Crippen molar-refractivity contribution in [3.63, 3.8) is 0 Å². The van der Waals surface area contributed by atoms with E-state index in [9.17, 15) is 10.2 Å². The van der Waals surface area contributed by atoms with Crippen molar-refractivity contribution < 1.29 is 10.2 Å². The number of phenolic OH excluding ortho intramolecular Hbond substituents is 2. The summed E-state index contributed by atoms with van der Waals surface area (Å²) in [5.74, 6) is 0.0969. The molecule has 0 aromatic heterocycles. The van der Waals surface area contributed by atoms with Crippen LogP contribution in [0.5, 0.6) is 11.5 Å². The summed E-state index contributed by atoms with van der Waals surface area (Å²) in [6, 6.07) is 5.47. The van der Waals surface area contributed by atoms with Gasteiger partial charge in [-0.2, -0.15) is 0 Å². The quantitative estimate of drug-likeness (QED) is 0.765. The lowest BCUT2D eigenvalue weighted by molar-refractivity contribution is 0.470. The molecule has 0 amide bonds. The summed E-state index contributed by atoms with van der Waals surface area (Å²) in [6.45, 7) is 1.92. The number of aryl methyl sites for hydroxylation is 1. The molecular weight excluding hydrogens is 238 g/mol. The predicted octanol–water partition coefficient (Wildman–Crippen LogP) is 3.28. The van der Waals surface area contributed by atoms with Crippen LogP contribution in [0.3, 0.4) is 0 Å². The lowest BCUT2D eigenvalue weighted by Crippen LogP contribution is -2.09. The van der Waals surface area contributed by atoms with E-state index in [0.29, 0.717) is 16.5 Å². The summed E-state index contributed by atoms with van der Waals surface area (Å²) in [6.07, 6.45) is 0. The highest BCUT2D eigenvalue weighted by molar-refractivity contribution is 6.36. The molecule has 0 saturated carbocycles. The van der Waals surface area contributed by atoms with Gasteiger partial charge in [-0.1, -0.05) is 29.3 Å². The number of anilines is 1. The molecule has 0 saturated heterocycles. The number of aromatic hydroxyl groups is 2. The predicted molar refractivity (Wildman–Crippen MR) is 71.4 cm³/mol. The molecule has 0 atom stereocenters. The molecule has 90 valence electrons. The summed E-state index contributed by atoms with van der Waals surface area (Å²) >= 11 is 6.07. The fourth-order valence-electron chi connectivity index (χ4n) is 1.93. The van der Waals surface area contributed by atoms with Crippen molar-refractivity contribution in [1.29, 1.82) is 0 Å². The largest absolute Gasteiger partial charge is 0.506 e. The highest BCUT2D eigenvalue weighted by Gasteiger charge is 2.18. The average molecular weight is 252 g/mol. The maximum Gasteiger partial charge on any atom is 0.148 e. The third kappa shape index (κ3) is 1.76. The number of hydrogen-bond acceptors (Lipinski definition) is 3. The second-order valence-electron chi connectivity index (χ2n) is 4.30. The van der Waals surface area contributed by atoms with Gasteiger partial charge in [0.1, 0.15) is 22.2 Å². The highest BCUT2D eigenvalue weighted by Crippen LogP contribution is 2.47. The molecule has 2 aromatic rings. The van der Waals surface area contributed by atoms with Crippen LogP contribution >= 0.6 is 11.6 Å². The zero-order valence-corrected chi connectivity index (χ0v) is 10.7. The Kier molecular flexibility index (Phi) is 2.79. The summed E-state index contributed by atoms with van der Waals surface area (Å²) in [5, 5.41) is 21.6. The molecule has 0 fully saturated rings. The average Bonchev–Trinajstić information content (AvgIpc) is 2.25. The van der Waals surface area contributed by atoms with E-state index < -0.39 is 0 Å². The molecule has 2 N–H and O–H groups in total. The minimum Gasteiger partial charge on any atom is -0.506 e. The molecular formula is C13H14ClNO2. The van der Waals surface area contributed by atoms with Gasteiger partial charge in [-0.05, 0) is 13.0 Å². The Balaban J connectivity index is 2.94. The molecule has 4 heteroatoms. The fraction of sp³-hybridized carbons (Fsp3) is 0.231. The molecule has 0 aliphatic carbocycles. The number of rotatable bonds is 1. The van der Waals surface area contributed by atoms with Crippen molar-refractivity contribution in [2.45, 2.75) is 6.92 Å². The monoisotopic (exact) mass is 251 g/mol. The Morgan fingerprint density at radius 1 is 1.06 bits per heavy atom. The van der Waals surface area contributed by atoms with Crippen molar-refractivity contribution >= 4 is 28.1 Å². The zero-order chi connectivity index (χ0) is 12.7. The van der Waals surface area contributed by atoms with E-state index in [1.54, 1.807) is 31.1 Å². The van der Waals surface area contributed by atoms with Gasteiger partial charge in [0, 0.05) is 24.9 Å². The highest BCUT2D eigenvalue weighted by atomic mass is 35.5. The van der Waals surface area contributed by atoms with Crippen LogP contribution in [0, 0.1) is 6.92 Å². The summed E-state index contributed by atoms with van der Waals surface area (Å²) in [4.78, 5) is 1.68. The first-order chi connectivity index (χ1) is 7.93. The van der Waals surface area contributed by atoms with Crippen molar-refractivity contribution in [2.75, 3.05) is 19.0 Å². The maximum atomic E-state index is 10.2. The van der Waals surface area contributed by atoms with Crippen LogP contribution in [0.25, 0.3) is 10.8 Å². The number of halogens is 1. The van der Waals surface area contributed by atoms with Gasteiger partial charge >= 0.3 is 0 Å². The van der Waals surface area contributed by atoms with Gasteiger partial charge in [-0.3, -0.25) is 0 Å². The van der Waals surface area contributed by atoms with Crippen LogP contribution in [0.2, 0.25) is 5.02 Å². The molecule has 17 heavy (non-hydrogen) atoms. The first kappa shape index (κ1) is 11.9. The molecule has 0 spiro atoms. The first-order valence-electron chi connectivity index (χ1n) is 5.24. The van der Waals surface area contributed by atoms with Gasteiger partial charge in [0.15, 0.2) is 0 Å². The Hall–Kier alpha value is -1.61. The number of hydrogen-bond donors (Lipinski definition) is 2. The second-order valence-corrected chi connectivity index (χ2v) is 4.68. The van der Waals surface area contributed by atoms with E-state index in [2.05, 4.69) is 0 Å². The maximum absolute atomic E-state index is 10.2. The lowest BCUT2D eigenvalue weighted by atomic mass is 10.0. The Bertz CT molecular complexity index is 594. The van der Waals surface area contributed by atoms with Crippen molar-refractivity contribution in [2.24, 2.45) is 0 Å². The Morgan fingerprint density at radius 2 is 1.71 bits per heavy atom. The van der Waals surface area contributed by atoms with Gasteiger partial charge < -0.3 is 15.1 Å². The van der Waals surface area contributed by atoms with Gasteiger partial charge in [-0.15, -0.1) is 0 Å². The van der Waals surface area contributed by atoms with Crippen LogP contribution < -0.4 is 4.90 Å². The summed E-state index contributed by atoms with van der Waals surface area (Å²) < 4.78 is 0. The molecule has 0 unspecified atom stereocenters. The Labute approximate surface area is 105 Å². The minimum absolute atomic E-state index is 0.00636. The van der Waals surface area contributed by atoms with Crippen LogP contribution in [-0.4, -0.2) is 24.3 Å². The van der Waals surface area contributed by atoms with Crippen molar-refractivity contribution in [1.82, 2.24) is 0 Å². The number of nitrogens with zero attached hydrogens (tertiary/aromatic N) is 1. The number of benzene rings is 2. The number of phenols is 2. The smallest absolute Gasteiger partial charge is 0.148 e. The van der Waals surface area contributed by atoms with Gasteiger partial charge in [-0.25, -0.2) is 0 Å². The van der Waals surface area contributed by atoms with E-state index in [1.165, 1.54) is 0 Å². The lowest BCUT2D eigenvalue weighted by Gasteiger charge is -2.19. The molecule has 0 bridgehead atoms. The molecule has 3 nitrogen and oxygen atoms in total. The molecule has 0 heterocycles. The standard InChI is InChI=1S/C13H14ClNO2/c1-7-4-5-8-9(6-7)12(16)10(14)11(13(8)17)15(2)3/h4-6,16-17H,1-3H3. The van der Waals surface area contributed by atoms with E-state index >= 15 is 0 Å². The first-order valence-corrected chi connectivity index (χ1v) is 5.62. The fourth-order valence-corrected chi connectivity index (χ4v) is 2.29. The molecule has 2 rings (SSSR count). The molecule has 0 radical (unpaired) electrons. The van der Waals surface area contributed by atoms with Gasteiger partial charge in [0.2, 0.25) is 0 Å². The van der Waals surface area contributed by atoms with Gasteiger partial charge in [0.25, 0.3) is 0 Å². The Morgan fingerprint density at radius 3 is 2.29 bits per heavy atom. The molecule has 0 aliphatic heterocycles. The molecule has 0 aliphatic rings. The van der Waals surface area contributed by atoms with Crippen LogP contribution in [0.4, 0.5) is 5.69 Å². The third-order valence-corrected chi connectivity index (χ3v) is 3.13. The normalized spacial score (nSPS) is 10.8. The SMILES string of the molecule is Cc1ccc2c(O)c(N(C)C)c(Cl)c(O)c2c1. The van der Waals surface area contributed by atoms with E-state index in [4.69, 9.17) is 11.6 Å². The summed E-state index contributed by atoms with van der Waals surface area (Å²) in [5.41, 5.74) is 1.43. The van der Waals surface area contributed by atoms with Crippen LogP contribution in [-0.2, 0) is 0 Å². The van der Waals surface area contributed by atoms with Crippen molar-refractivity contribution in [3.8, 4) is 11.5 Å². The molecule has 2 aromatic carbocycles. The van der Waals surface area contributed by atoms with E-state index in [1.807, 2.05) is 13.0 Å². The minimum atomic E-state index is 0.00636. The number of fused-ring (bicyclic) bond motifs is 1.